The molecule has 142 valence electrons. The van der Waals surface area contributed by atoms with E-state index in [1.807, 2.05) is 0 Å². The lowest BCUT2D eigenvalue weighted by Gasteiger charge is -2.34. The molecule has 8 heteroatoms. The van der Waals surface area contributed by atoms with Crippen LogP contribution in [0, 0.1) is 18.2 Å². The van der Waals surface area contributed by atoms with Gasteiger partial charge >= 0.3 is 0 Å². The molecule has 26 heavy (non-hydrogen) atoms. The van der Waals surface area contributed by atoms with Crippen molar-refractivity contribution in [2.45, 2.75) is 26.7 Å². The Labute approximate surface area is 158 Å². The second kappa shape index (κ2) is 8.05. The first-order valence-corrected chi connectivity index (χ1v) is 8.42. The van der Waals surface area contributed by atoms with Crippen molar-refractivity contribution in [2.24, 2.45) is 5.41 Å². The Kier molecular flexibility index (Phi) is 6.26. The minimum Gasteiger partial charge on any atom is -0.504 e. The number of aryl methyl sites for hydroxylation is 1. The van der Waals surface area contributed by atoms with E-state index in [1.165, 1.54) is 23.0 Å². The fourth-order valence-electron chi connectivity index (χ4n) is 3.11. The molecule has 3 N–H and O–H groups in total. The van der Waals surface area contributed by atoms with Crippen LogP contribution >= 0.6 is 12.4 Å². The molecule has 1 aromatic heterocycles. The second-order valence-electron chi connectivity index (χ2n) is 6.98. The van der Waals surface area contributed by atoms with Crippen LogP contribution in [0.1, 0.15) is 35.8 Å². The molecule has 3 rings (SSSR count). The number of aromatic hydroxyl groups is 1. The third kappa shape index (κ3) is 4.34. The van der Waals surface area contributed by atoms with Crippen LogP contribution in [0.15, 0.2) is 24.4 Å². The first-order valence-electron chi connectivity index (χ1n) is 8.42. The topological polar surface area (TPSA) is 79.2 Å². The summed E-state index contributed by atoms with van der Waals surface area (Å²) < 4.78 is 14.6. The largest absolute Gasteiger partial charge is 0.504 e. The predicted octanol–water partition coefficient (Wildman–Crippen LogP) is 2.57. The quantitative estimate of drug-likeness (QED) is 0.759. The number of carbonyl (C=O) groups is 1. The van der Waals surface area contributed by atoms with E-state index < -0.39 is 5.91 Å². The summed E-state index contributed by atoms with van der Waals surface area (Å²) in [5.74, 6) is -0.946. The monoisotopic (exact) mass is 382 g/mol. The summed E-state index contributed by atoms with van der Waals surface area (Å²) in [4.78, 5) is 12.4. The third-order valence-electron chi connectivity index (χ3n) is 4.80. The summed E-state index contributed by atoms with van der Waals surface area (Å²) in [5, 5.41) is 20.4. The van der Waals surface area contributed by atoms with Gasteiger partial charge in [-0.1, -0.05) is 6.92 Å². The number of rotatable bonds is 4. The van der Waals surface area contributed by atoms with Gasteiger partial charge in [0, 0.05) is 6.54 Å². The van der Waals surface area contributed by atoms with Gasteiger partial charge in [0.25, 0.3) is 5.91 Å². The Bertz CT molecular complexity index is 787. The summed E-state index contributed by atoms with van der Waals surface area (Å²) >= 11 is 0. The van der Waals surface area contributed by atoms with E-state index >= 15 is 0 Å². The van der Waals surface area contributed by atoms with Crippen LogP contribution in [0.5, 0.6) is 5.75 Å². The van der Waals surface area contributed by atoms with E-state index in [-0.39, 0.29) is 35.1 Å². The molecule has 6 nitrogen and oxygen atoms in total. The molecule has 0 radical (unpaired) electrons. The van der Waals surface area contributed by atoms with Crippen LogP contribution in [0.25, 0.3) is 5.69 Å². The normalized spacial score (nSPS) is 16.0. The Hall–Kier alpha value is -2.12. The maximum absolute atomic E-state index is 13.2. The number of piperidine rings is 1. The fraction of sp³-hybridized carbons (Fsp3) is 0.444. The van der Waals surface area contributed by atoms with E-state index in [9.17, 15) is 14.3 Å². The van der Waals surface area contributed by atoms with Crippen molar-refractivity contribution >= 4 is 18.3 Å². The first-order chi connectivity index (χ1) is 11.9. The molecule has 1 aromatic carbocycles. The predicted molar refractivity (Wildman–Crippen MR) is 99.7 cm³/mol. The molecule has 2 aromatic rings. The van der Waals surface area contributed by atoms with E-state index in [0.29, 0.717) is 17.8 Å². The average Bonchev–Trinajstić information content (AvgIpc) is 2.95. The van der Waals surface area contributed by atoms with Crippen molar-refractivity contribution in [3.63, 3.8) is 0 Å². The molecule has 0 bridgehead atoms. The van der Waals surface area contributed by atoms with Crippen LogP contribution in [0.4, 0.5) is 4.39 Å². The van der Waals surface area contributed by atoms with Crippen molar-refractivity contribution in [2.75, 3.05) is 19.6 Å². The van der Waals surface area contributed by atoms with Crippen molar-refractivity contribution in [3.05, 3.63) is 41.5 Å². The highest BCUT2D eigenvalue weighted by atomic mass is 35.5. The van der Waals surface area contributed by atoms with Crippen LogP contribution < -0.4 is 10.6 Å². The number of nitrogens with one attached hydrogen (secondary N) is 2. The minimum atomic E-state index is -0.407. The number of hydrogen-bond acceptors (Lipinski definition) is 4. The summed E-state index contributed by atoms with van der Waals surface area (Å²) in [6.45, 7) is 6.31. The molecule has 2 heterocycles. The number of carbonyl (C=O) groups excluding carboxylic acids is 1. The number of nitrogens with zero attached hydrogens (tertiary/aromatic N) is 2. The van der Waals surface area contributed by atoms with Crippen LogP contribution in [0.2, 0.25) is 0 Å². The maximum atomic E-state index is 13.2. The zero-order valence-corrected chi connectivity index (χ0v) is 15.7. The fourth-order valence-corrected chi connectivity index (χ4v) is 3.11. The number of amides is 1. The van der Waals surface area contributed by atoms with E-state index in [1.54, 1.807) is 13.0 Å². The smallest absolute Gasteiger partial charge is 0.275 e. The Morgan fingerprint density at radius 2 is 2.12 bits per heavy atom. The lowest BCUT2D eigenvalue weighted by atomic mass is 9.81. The Balaban J connectivity index is 0.00000243. The van der Waals surface area contributed by atoms with Gasteiger partial charge in [0.05, 0.1) is 11.9 Å². The number of aromatic nitrogens is 2. The average molecular weight is 383 g/mol. The van der Waals surface area contributed by atoms with Crippen molar-refractivity contribution in [1.29, 1.82) is 0 Å². The van der Waals surface area contributed by atoms with Gasteiger partial charge in [-0.25, -0.2) is 9.07 Å². The molecule has 1 saturated heterocycles. The first kappa shape index (κ1) is 20.2. The van der Waals surface area contributed by atoms with Gasteiger partial charge in [-0.2, -0.15) is 5.10 Å². The summed E-state index contributed by atoms with van der Waals surface area (Å²) in [7, 11) is 0. The van der Waals surface area contributed by atoms with Gasteiger partial charge in [0.2, 0.25) is 0 Å². The zero-order chi connectivity index (χ0) is 18.0. The van der Waals surface area contributed by atoms with E-state index in [0.717, 1.165) is 25.9 Å². The van der Waals surface area contributed by atoms with E-state index in [4.69, 9.17) is 0 Å². The summed E-state index contributed by atoms with van der Waals surface area (Å²) in [5.41, 5.74) is 1.30. The van der Waals surface area contributed by atoms with Gasteiger partial charge in [-0.05, 0) is 62.0 Å². The highest BCUT2D eigenvalue weighted by Gasteiger charge is 2.28. The van der Waals surface area contributed by atoms with Crippen LogP contribution in [-0.2, 0) is 0 Å². The molecular formula is C18H24ClFN4O2. The molecule has 0 spiro atoms. The molecule has 1 aliphatic heterocycles. The highest BCUT2D eigenvalue weighted by molar-refractivity contribution is 5.94. The SMILES string of the molecule is Cc1cc(F)ccc1-n1cc(O)c(C(=O)NCC2(C)CCNCC2)n1.Cl. The zero-order valence-electron chi connectivity index (χ0n) is 14.9. The lowest BCUT2D eigenvalue weighted by molar-refractivity contribution is 0.0914. The number of halogens is 2. The van der Waals surface area contributed by atoms with Crippen molar-refractivity contribution in [3.8, 4) is 11.4 Å². The third-order valence-corrected chi connectivity index (χ3v) is 4.80. The summed E-state index contributed by atoms with van der Waals surface area (Å²) in [6.07, 6.45) is 3.34. The molecule has 0 saturated carbocycles. The Morgan fingerprint density at radius 1 is 1.42 bits per heavy atom. The number of benzene rings is 1. The lowest BCUT2D eigenvalue weighted by Crippen LogP contribution is -2.43. The van der Waals surface area contributed by atoms with Gasteiger partial charge in [0.1, 0.15) is 5.82 Å². The highest BCUT2D eigenvalue weighted by Crippen LogP contribution is 2.27. The van der Waals surface area contributed by atoms with E-state index in [2.05, 4.69) is 22.7 Å². The van der Waals surface area contributed by atoms with Gasteiger partial charge in [0.15, 0.2) is 11.4 Å². The second-order valence-corrected chi connectivity index (χ2v) is 6.98. The van der Waals surface area contributed by atoms with Gasteiger partial charge < -0.3 is 15.7 Å². The maximum Gasteiger partial charge on any atom is 0.275 e. The minimum absolute atomic E-state index is 0. The molecular weight excluding hydrogens is 359 g/mol. The Morgan fingerprint density at radius 3 is 2.77 bits per heavy atom. The standard InChI is InChI=1S/C18H23FN4O2.ClH/c1-12-9-13(19)3-4-14(12)23-10-15(24)16(22-23)17(25)21-11-18(2)5-7-20-8-6-18;/h3-4,9-10,20,24H,5-8,11H2,1-2H3,(H,21,25);1H. The summed E-state index contributed by atoms with van der Waals surface area (Å²) in [6, 6.07) is 4.26. The molecule has 1 amide bonds. The molecule has 0 aliphatic carbocycles. The van der Waals surface area contributed by atoms with Gasteiger partial charge in [-0.15, -0.1) is 12.4 Å². The molecule has 1 aliphatic rings. The number of hydrogen-bond donors (Lipinski definition) is 3. The van der Waals surface area contributed by atoms with Crippen molar-refractivity contribution in [1.82, 2.24) is 20.4 Å². The van der Waals surface area contributed by atoms with Gasteiger partial charge in [-0.3, -0.25) is 4.79 Å². The molecule has 0 unspecified atom stereocenters. The molecule has 1 fully saturated rings. The van der Waals surface area contributed by atoms with Crippen molar-refractivity contribution < 1.29 is 14.3 Å². The molecule has 0 atom stereocenters. The van der Waals surface area contributed by atoms with Crippen LogP contribution in [0.3, 0.4) is 0 Å². The van der Waals surface area contributed by atoms with Crippen LogP contribution in [-0.4, -0.2) is 40.4 Å².